The number of carbonyl (C=O) groups is 1. The summed E-state index contributed by atoms with van der Waals surface area (Å²) >= 11 is 0. The second-order valence-corrected chi connectivity index (χ2v) is 8.35. The summed E-state index contributed by atoms with van der Waals surface area (Å²) in [4.78, 5) is 12.5. The fourth-order valence-electron chi connectivity index (χ4n) is 2.25. The predicted molar refractivity (Wildman–Crippen MR) is 88.6 cm³/mol. The molecule has 0 aromatic heterocycles. The molecule has 20 heavy (non-hydrogen) atoms. The molecule has 2 atom stereocenters. The molecular weight excluding hydrogens is 246 g/mol. The van der Waals surface area contributed by atoms with E-state index in [-0.39, 0.29) is 22.8 Å². The van der Waals surface area contributed by atoms with Crippen LogP contribution in [0, 0.1) is 29.1 Å². The van der Waals surface area contributed by atoms with Gasteiger partial charge in [-0.2, -0.15) is 0 Å². The van der Waals surface area contributed by atoms with Crippen LogP contribution in [0.25, 0.3) is 0 Å². The Labute approximate surface area is 127 Å². The van der Waals surface area contributed by atoms with Crippen LogP contribution in [0.15, 0.2) is 0 Å². The minimum atomic E-state index is -0.201. The molecule has 2 nitrogen and oxygen atoms in total. The number of rotatable bonds is 7. The predicted octanol–water partition coefficient (Wildman–Crippen LogP) is 4.88. The van der Waals surface area contributed by atoms with Gasteiger partial charge >= 0.3 is 0 Å². The molecule has 0 rings (SSSR count). The summed E-state index contributed by atoms with van der Waals surface area (Å²) in [6, 6.07) is 0. The molecule has 0 aliphatic heterocycles. The lowest BCUT2D eigenvalue weighted by molar-refractivity contribution is -0.128. The van der Waals surface area contributed by atoms with Gasteiger partial charge < -0.3 is 5.32 Å². The molecule has 0 aliphatic rings. The zero-order valence-corrected chi connectivity index (χ0v) is 15.4. The van der Waals surface area contributed by atoms with Crippen molar-refractivity contribution in [1.82, 2.24) is 5.32 Å². The Morgan fingerprint density at radius 3 is 1.75 bits per heavy atom. The van der Waals surface area contributed by atoms with Gasteiger partial charge in [-0.3, -0.25) is 4.79 Å². The zero-order valence-electron chi connectivity index (χ0n) is 15.4. The maximum absolute atomic E-state index is 12.5. The van der Waals surface area contributed by atoms with E-state index in [2.05, 4.69) is 67.6 Å². The Hall–Kier alpha value is -0.530. The van der Waals surface area contributed by atoms with Crippen molar-refractivity contribution in [1.29, 1.82) is 0 Å². The fraction of sp³-hybridized carbons (Fsp3) is 0.944. The normalized spacial score (nSPS) is 16.4. The zero-order chi connectivity index (χ0) is 16.3. The Morgan fingerprint density at radius 1 is 0.950 bits per heavy atom. The molecule has 0 saturated heterocycles. The first-order valence-corrected chi connectivity index (χ1v) is 8.15. The Bertz CT molecular complexity index is 315. The summed E-state index contributed by atoms with van der Waals surface area (Å²) in [7, 11) is 0. The van der Waals surface area contributed by atoms with Crippen LogP contribution in [0.4, 0.5) is 0 Å². The molecule has 0 aromatic rings. The highest BCUT2D eigenvalue weighted by Gasteiger charge is 2.41. The van der Waals surface area contributed by atoms with Crippen LogP contribution in [0.3, 0.4) is 0 Å². The summed E-state index contributed by atoms with van der Waals surface area (Å²) < 4.78 is 0. The molecule has 0 spiro atoms. The molecule has 0 bridgehead atoms. The molecule has 0 saturated carbocycles. The fourth-order valence-corrected chi connectivity index (χ4v) is 2.25. The van der Waals surface area contributed by atoms with Crippen LogP contribution < -0.4 is 5.32 Å². The summed E-state index contributed by atoms with van der Waals surface area (Å²) in [6.45, 7) is 21.9. The first kappa shape index (κ1) is 19.5. The summed E-state index contributed by atoms with van der Waals surface area (Å²) in [5.41, 5.74) is -0.139. The summed E-state index contributed by atoms with van der Waals surface area (Å²) in [6.07, 6.45) is 0.960. The summed E-state index contributed by atoms with van der Waals surface area (Å²) in [5, 5.41) is 3.28. The van der Waals surface area contributed by atoms with Gasteiger partial charge in [0.25, 0.3) is 0 Å². The molecule has 2 heteroatoms. The third kappa shape index (κ3) is 4.79. The van der Waals surface area contributed by atoms with E-state index < -0.39 is 0 Å². The van der Waals surface area contributed by atoms with Crippen molar-refractivity contribution in [3.63, 3.8) is 0 Å². The smallest absolute Gasteiger partial charge is 0.223 e. The van der Waals surface area contributed by atoms with E-state index in [1.54, 1.807) is 0 Å². The van der Waals surface area contributed by atoms with E-state index in [1.807, 2.05) is 6.92 Å². The Morgan fingerprint density at radius 2 is 1.40 bits per heavy atom. The second-order valence-electron chi connectivity index (χ2n) is 8.35. The highest BCUT2D eigenvalue weighted by atomic mass is 16.2. The average Bonchev–Trinajstić information content (AvgIpc) is 2.27. The van der Waals surface area contributed by atoms with Gasteiger partial charge in [-0.05, 0) is 43.4 Å². The second kappa shape index (κ2) is 6.95. The number of carbonyl (C=O) groups excluding carboxylic acids is 1. The van der Waals surface area contributed by atoms with Gasteiger partial charge in [0, 0.05) is 11.5 Å². The quantitative estimate of drug-likeness (QED) is 0.708. The lowest BCUT2D eigenvalue weighted by Gasteiger charge is -2.46. The molecule has 2 unspecified atom stereocenters. The van der Waals surface area contributed by atoms with Crippen molar-refractivity contribution >= 4 is 5.91 Å². The number of hydrogen-bond acceptors (Lipinski definition) is 1. The van der Waals surface area contributed by atoms with Crippen molar-refractivity contribution < 1.29 is 4.79 Å². The van der Waals surface area contributed by atoms with Crippen molar-refractivity contribution in [2.45, 2.75) is 81.2 Å². The molecule has 1 N–H and O–H groups in total. The average molecular weight is 284 g/mol. The highest BCUT2D eigenvalue weighted by molar-refractivity contribution is 5.79. The maximum atomic E-state index is 12.5. The first-order chi connectivity index (χ1) is 8.83. The van der Waals surface area contributed by atoms with Crippen LogP contribution in [0.2, 0.25) is 0 Å². The van der Waals surface area contributed by atoms with Gasteiger partial charge in [0.2, 0.25) is 5.91 Å². The first-order valence-electron chi connectivity index (χ1n) is 8.15. The van der Waals surface area contributed by atoms with Gasteiger partial charge in [-0.25, -0.2) is 0 Å². The van der Waals surface area contributed by atoms with Crippen molar-refractivity contribution in [3.05, 3.63) is 0 Å². The van der Waals surface area contributed by atoms with Crippen LogP contribution in [-0.2, 0) is 4.79 Å². The SMILES string of the molecule is CC(CC(C)C(C)C)C(=O)NC(C)(C)C(C)(C)C(C)C. The van der Waals surface area contributed by atoms with Crippen molar-refractivity contribution in [3.8, 4) is 0 Å². The van der Waals surface area contributed by atoms with Crippen molar-refractivity contribution in [2.24, 2.45) is 29.1 Å². The molecule has 0 radical (unpaired) electrons. The lowest BCUT2D eigenvalue weighted by atomic mass is 9.67. The third-order valence-corrected chi connectivity index (χ3v) is 5.80. The van der Waals surface area contributed by atoms with Gasteiger partial charge in [0.05, 0.1) is 0 Å². The number of amides is 1. The van der Waals surface area contributed by atoms with E-state index in [1.165, 1.54) is 0 Å². The maximum Gasteiger partial charge on any atom is 0.223 e. The molecule has 1 amide bonds. The van der Waals surface area contributed by atoms with Gasteiger partial charge in [-0.15, -0.1) is 0 Å². The van der Waals surface area contributed by atoms with Crippen molar-refractivity contribution in [2.75, 3.05) is 0 Å². The van der Waals surface area contributed by atoms with Crippen LogP contribution in [-0.4, -0.2) is 11.4 Å². The highest BCUT2D eigenvalue weighted by Crippen LogP contribution is 2.38. The van der Waals surface area contributed by atoms with Gasteiger partial charge in [0.1, 0.15) is 0 Å². The monoisotopic (exact) mass is 283 g/mol. The largest absolute Gasteiger partial charge is 0.350 e. The molecule has 0 heterocycles. The van der Waals surface area contributed by atoms with E-state index in [0.717, 1.165) is 6.42 Å². The third-order valence-electron chi connectivity index (χ3n) is 5.80. The van der Waals surface area contributed by atoms with E-state index >= 15 is 0 Å². The van der Waals surface area contributed by atoms with E-state index in [0.29, 0.717) is 17.8 Å². The number of hydrogen-bond donors (Lipinski definition) is 1. The van der Waals surface area contributed by atoms with Gasteiger partial charge in [0.15, 0.2) is 0 Å². The molecule has 120 valence electrons. The van der Waals surface area contributed by atoms with E-state index in [9.17, 15) is 4.79 Å². The Kier molecular flexibility index (Phi) is 6.77. The number of nitrogens with one attached hydrogen (secondary N) is 1. The molecule has 0 aromatic carbocycles. The van der Waals surface area contributed by atoms with Crippen LogP contribution in [0.1, 0.15) is 75.7 Å². The lowest BCUT2D eigenvalue weighted by Crippen LogP contribution is -2.56. The Balaban J connectivity index is 4.74. The minimum absolute atomic E-state index is 0.0616. The summed E-state index contributed by atoms with van der Waals surface area (Å²) in [5.74, 6) is 2.00. The van der Waals surface area contributed by atoms with E-state index in [4.69, 9.17) is 0 Å². The standard InChI is InChI=1S/C18H37NO/c1-12(2)14(5)11-15(6)16(20)19-18(9,10)17(7,8)13(3)4/h12-15H,11H2,1-10H3,(H,19,20). The minimum Gasteiger partial charge on any atom is -0.350 e. The molecule has 0 fully saturated rings. The molecule has 0 aliphatic carbocycles. The van der Waals surface area contributed by atoms with Crippen LogP contribution >= 0.6 is 0 Å². The topological polar surface area (TPSA) is 29.1 Å². The molecular formula is C18H37NO. The van der Waals surface area contributed by atoms with Gasteiger partial charge in [-0.1, -0.05) is 55.4 Å². The van der Waals surface area contributed by atoms with Crippen LogP contribution in [0.5, 0.6) is 0 Å².